The number of sulfone groups is 1. The Labute approximate surface area is 173 Å². The van der Waals surface area contributed by atoms with Crippen LogP contribution in [-0.2, 0) is 9.84 Å². The fraction of sp³-hybridized carbons (Fsp3) is 0.750. The number of thiophene rings is 1. The third-order valence-electron chi connectivity index (χ3n) is 5.82. The van der Waals surface area contributed by atoms with Crippen molar-refractivity contribution in [2.75, 3.05) is 45.2 Å². The summed E-state index contributed by atoms with van der Waals surface area (Å²) in [5.74, 6) is 1.59. The molecule has 2 heterocycles. The van der Waals surface area contributed by atoms with Crippen LogP contribution >= 0.6 is 11.3 Å². The molecule has 6 nitrogen and oxygen atoms in total. The Kier molecular flexibility index (Phi) is 7.04. The summed E-state index contributed by atoms with van der Waals surface area (Å²) in [6, 6.07) is 4.82. The van der Waals surface area contributed by atoms with Crippen LogP contribution in [0.15, 0.2) is 22.5 Å². The minimum absolute atomic E-state index is 0.138. The van der Waals surface area contributed by atoms with Gasteiger partial charge >= 0.3 is 0 Å². The normalized spacial score (nSPS) is 25.5. The van der Waals surface area contributed by atoms with E-state index < -0.39 is 9.84 Å². The van der Waals surface area contributed by atoms with E-state index >= 15 is 0 Å². The maximum Gasteiger partial charge on any atom is 0.191 e. The molecule has 8 heteroatoms. The molecular formula is C20H34N4O2S2. The van der Waals surface area contributed by atoms with Crippen molar-refractivity contribution in [1.82, 2.24) is 15.5 Å². The number of aliphatic imine (C=N–C) groups is 1. The number of hydrogen-bond donors (Lipinski definition) is 2. The van der Waals surface area contributed by atoms with Crippen LogP contribution in [0.25, 0.3) is 0 Å². The van der Waals surface area contributed by atoms with Gasteiger partial charge in [-0.3, -0.25) is 9.89 Å². The number of hydrogen-bond acceptors (Lipinski definition) is 5. The lowest BCUT2D eigenvalue weighted by Crippen LogP contribution is -2.45. The lowest BCUT2D eigenvalue weighted by Gasteiger charge is -2.39. The minimum atomic E-state index is -2.96. The van der Waals surface area contributed by atoms with Gasteiger partial charge in [0.15, 0.2) is 5.96 Å². The van der Waals surface area contributed by atoms with E-state index in [4.69, 9.17) is 4.99 Å². The first kappa shape index (κ1) is 21.6. The molecule has 28 heavy (non-hydrogen) atoms. The van der Waals surface area contributed by atoms with Crippen molar-refractivity contribution in [3.63, 3.8) is 0 Å². The molecule has 0 aromatic carbocycles. The zero-order chi connectivity index (χ0) is 20.2. The summed E-state index contributed by atoms with van der Waals surface area (Å²) in [6.07, 6.45) is 5.66. The van der Waals surface area contributed by atoms with Crippen LogP contribution in [0.5, 0.6) is 0 Å². The fourth-order valence-corrected chi connectivity index (χ4v) is 6.76. The summed E-state index contributed by atoms with van der Waals surface area (Å²) in [5, 5.41) is 9.02. The van der Waals surface area contributed by atoms with E-state index in [0.717, 1.165) is 38.4 Å². The van der Waals surface area contributed by atoms with Crippen molar-refractivity contribution in [2.45, 2.75) is 38.6 Å². The van der Waals surface area contributed by atoms with E-state index in [1.54, 1.807) is 0 Å². The van der Waals surface area contributed by atoms with Crippen molar-refractivity contribution in [1.29, 1.82) is 0 Å². The van der Waals surface area contributed by atoms with Gasteiger partial charge in [0.05, 0.1) is 5.75 Å². The maximum absolute atomic E-state index is 11.7. The third kappa shape index (κ3) is 5.94. The predicted molar refractivity (Wildman–Crippen MR) is 118 cm³/mol. The van der Waals surface area contributed by atoms with Gasteiger partial charge in [0.2, 0.25) is 0 Å². The quantitative estimate of drug-likeness (QED) is 0.494. The van der Waals surface area contributed by atoms with E-state index in [1.165, 1.54) is 24.0 Å². The number of nitrogens with one attached hydrogen (secondary N) is 2. The standard InChI is InChI=1S/C20H34N4O2S2/c1-4-21-19(23-14-20(9-10-20)15-28(3,25)26)22-13-16-7-5-11-24(2)18(16)17-8-6-12-27-17/h6,8,12,16,18H,4-5,7,9-11,13-15H2,1-3H3,(H2,21,22,23). The van der Waals surface area contributed by atoms with Gasteiger partial charge < -0.3 is 10.6 Å². The molecule has 0 spiro atoms. The summed E-state index contributed by atoms with van der Waals surface area (Å²) < 4.78 is 23.4. The monoisotopic (exact) mass is 426 g/mol. The molecule has 1 aliphatic heterocycles. The number of piperidine rings is 1. The topological polar surface area (TPSA) is 73.8 Å². The average molecular weight is 427 g/mol. The molecule has 1 saturated heterocycles. The van der Waals surface area contributed by atoms with Gasteiger partial charge in [0, 0.05) is 42.2 Å². The zero-order valence-corrected chi connectivity index (χ0v) is 18.9. The molecule has 158 valence electrons. The van der Waals surface area contributed by atoms with Crippen LogP contribution in [0.2, 0.25) is 0 Å². The Balaban J connectivity index is 1.62. The van der Waals surface area contributed by atoms with Gasteiger partial charge in [0.25, 0.3) is 0 Å². The van der Waals surface area contributed by atoms with E-state index in [2.05, 4.69) is 47.0 Å². The highest BCUT2D eigenvalue weighted by Gasteiger charge is 2.45. The zero-order valence-electron chi connectivity index (χ0n) is 17.3. The van der Waals surface area contributed by atoms with Gasteiger partial charge in [-0.05, 0) is 63.6 Å². The van der Waals surface area contributed by atoms with Crippen LogP contribution in [0, 0.1) is 11.3 Å². The number of rotatable bonds is 8. The summed E-state index contributed by atoms with van der Waals surface area (Å²) in [5.41, 5.74) is -0.138. The van der Waals surface area contributed by atoms with Crippen molar-refractivity contribution >= 4 is 27.1 Å². The van der Waals surface area contributed by atoms with E-state index in [-0.39, 0.29) is 11.2 Å². The number of guanidine groups is 1. The molecule has 2 fully saturated rings. The molecule has 3 rings (SSSR count). The smallest absolute Gasteiger partial charge is 0.191 e. The highest BCUT2D eigenvalue weighted by Crippen LogP contribution is 2.46. The first-order chi connectivity index (χ1) is 13.3. The van der Waals surface area contributed by atoms with Crippen LogP contribution in [0.3, 0.4) is 0 Å². The summed E-state index contributed by atoms with van der Waals surface area (Å²) in [7, 11) is -0.742. The Morgan fingerprint density at radius 3 is 2.79 bits per heavy atom. The fourth-order valence-electron chi connectivity index (χ4n) is 4.28. The molecule has 1 saturated carbocycles. The van der Waals surface area contributed by atoms with Gasteiger partial charge in [-0.2, -0.15) is 0 Å². The number of likely N-dealkylation sites (tertiary alicyclic amines) is 1. The van der Waals surface area contributed by atoms with Gasteiger partial charge in [-0.15, -0.1) is 11.3 Å². The molecular weight excluding hydrogens is 392 g/mol. The second kappa shape index (κ2) is 9.13. The van der Waals surface area contributed by atoms with Crippen molar-refractivity contribution < 1.29 is 8.42 Å². The SMILES string of the molecule is CCNC(=NCC1(CS(C)(=O)=O)CC1)NCC1CCCN(C)C1c1cccs1. The molecule has 1 aromatic rings. The highest BCUT2D eigenvalue weighted by molar-refractivity contribution is 7.90. The summed E-state index contributed by atoms with van der Waals surface area (Å²) >= 11 is 1.84. The summed E-state index contributed by atoms with van der Waals surface area (Å²) in [6.45, 7) is 5.45. The van der Waals surface area contributed by atoms with E-state index in [9.17, 15) is 8.42 Å². The predicted octanol–water partition coefficient (Wildman–Crippen LogP) is 2.51. The second-order valence-electron chi connectivity index (χ2n) is 8.49. The molecule has 1 aliphatic carbocycles. The molecule has 0 amide bonds. The molecule has 1 aromatic heterocycles. The molecule has 0 bridgehead atoms. The van der Waals surface area contributed by atoms with Crippen molar-refractivity contribution in [2.24, 2.45) is 16.3 Å². The summed E-state index contributed by atoms with van der Waals surface area (Å²) in [4.78, 5) is 8.64. The Morgan fingerprint density at radius 1 is 1.39 bits per heavy atom. The van der Waals surface area contributed by atoms with Crippen LogP contribution < -0.4 is 10.6 Å². The molecule has 2 aliphatic rings. The van der Waals surface area contributed by atoms with Crippen LogP contribution in [0.4, 0.5) is 0 Å². The lowest BCUT2D eigenvalue weighted by molar-refractivity contribution is 0.125. The maximum atomic E-state index is 11.7. The first-order valence-electron chi connectivity index (χ1n) is 10.3. The van der Waals surface area contributed by atoms with Crippen molar-refractivity contribution in [3.05, 3.63) is 22.4 Å². The molecule has 2 N–H and O–H groups in total. The third-order valence-corrected chi connectivity index (χ3v) is 7.90. The molecule has 2 atom stereocenters. The molecule has 0 radical (unpaired) electrons. The minimum Gasteiger partial charge on any atom is -0.357 e. The van der Waals surface area contributed by atoms with Crippen LogP contribution in [-0.4, -0.2) is 64.5 Å². The van der Waals surface area contributed by atoms with Crippen molar-refractivity contribution in [3.8, 4) is 0 Å². The highest BCUT2D eigenvalue weighted by atomic mass is 32.2. The second-order valence-corrected chi connectivity index (χ2v) is 11.6. The van der Waals surface area contributed by atoms with E-state index in [1.807, 2.05) is 11.3 Å². The Morgan fingerprint density at radius 2 is 2.18 bits per heavy atom. The van der Waals surface area contributed by atoms with Gasteiger partial charge in [-0.25, -0.2) is 8.42 Å². The average Bonchev–Trinajstić information content (AvgIpc) is 3.15. The Bertz CT molecular complexity index is 757. The first-order valence-corrected chi connectivity index (χ1v) is 13.2. The lowest BCUT2D eigenvalue weighted by atomic mass is 9.88. The molecule has 2 unspecified atom stereocenters. The number of nitrogens with zero attached hydrogens (tertiary/aromatic N) is 2. The van der Waals surface area contributed by atoms with Crippen LogP contribution in [0.1, 0.15) is 43.5 Å². The Hall–Kier alpha value is -1.12. The van der Waals surface area contributed by atoms with Gasteiger partial charge in [0.1, 0.15) is 9.84 Å². The largest absolute Gasteiger partial charge is 0.357 e. The van der Waals surface area contributed by atoms with E-state index in [0.29, 0.717) is 18.5 Å². The van der Waals surface area contributed by atoms with Gasteiger partial charge in [-0.1, -0.05) is 6.07 Å².